The fourth-order valence-corrected chi connectivity index (χ4v) is 2.45. The van der Waals surface area contributed by atoms with Crippen molar-refractivity contribution in [3.05, 3.63) is 29.6 Å². The first-order valence-electron chi connectivity index (χ1n) is 6.55. The first kappa shape index (κ1) is 13.8. The molecule has 0 saturated heterocycles. The largest absolute Gasteiger partial charge is 0.497 e. The highest BCUT2D eigenvalue weighted by Crippen LogP contribution is 2.46. The number of amides is 1. The molecule has 104 valence electrons. The van der Waals surface area contributed by atoms with Gasteiger partial charge >= 0.3 is 0 Å². The van der Waals surface area contributed by atoms with E-state index >= 15 is 0 Å². The molecule has 1 saturated carbocycles. The lowest BCUT2D eigenvalue weighted by Crippen LogP contribution is -2.33. The lowest BCUT2D eigenvalue weighted by molar-refractivity contribution is -0.133. The second-order valence-corrected chi connectivity index (χ2v) is 5.40. The minimum atomic E-state index is -0.223. The molecule has 2 atom stereocenters. The van der Waals surface area contributed by atoms with Crippen molar-refractivity contribution in [2.45, 2.75) is 32.2 Å². The van der Waals surface area contributed by atoms with Gasteiger partial charge in [-0.1, -0.05) is 13.8 Å². The number of benzene rings is 1. The van der Waals surface area contributed by atoms with Crippen LogP contribution in [0.5, 0.6) is 5.75 Å². The Balaban J connectivity index is 2.12. The van der Waals surface area contributed by atoms with Crippen LogP contribution in [0.1, 0.15) is 31.7 Å². The summed E-state index contributed by atoms with van der Waals surface area (Å²) in [6.07, 6.45) is 0.818. The van der Waals surface area contributed by atoms with E-state index in [1.807, 2.05) is 13.8 Å². The summed E-state index contributed by atoms with van der Waals surface area (Å²) in [5, 5.41) is 0. The van der Waals surface area contributed by atoms with Crippen molar-refractivity contribution in [1.82, 2.24) is 4.90 Å². The average molecular weight is 265 g/mol. The molecule has 0 aliphatic heterocycles. The Kier molecular flexibility index (Phi) is 3.78. The van der Waals surface area contributed by atoms with Crippen LogP contribution in [-0.2, 0) is 4.79 Å². The smallest absolute Gasteiger partial charge is 0.225 e. The van der Waals surface area contributed by atoms with E-state index < -0.39 is 0 Å². The zero-order valence-corrected chi connectivity index (χ0v) is 11.8. The van der Waals surface area contributed by atoms with Crippen molar-refractivity contribution in [1.29, 1.82) is 0 Å². The molecule has 0 heterocycles. The van der Waals surface area contributed by atoms with Gasteiger partial charge in [0.15, 0.2) is 0 Å². The van der Waals surface area contributed by atoms with Crippen LogP contribution in [0, 0.1) is 11.7 Å². The Morgan fingerprint density at radius 3 is 2.74 bits per heavy atom. The van der Waals surface area contributed by atoms with Gasteiger partial charge in [0.2, 0.25) is 5.91 Å². The Labute approximate surface area is 113 Å². The minimum absolute atomic E-state index is 0.0265. The lowest BCUT2D eigenvalue weighted by Gasteiger charge is -2.19. The standard InChI is InChI=1S/C15H20FNO2/c1-9(2)15(18)17(3)14-8-12(14)11-7-10(19-4)5-6-13(11)16/h5-7,9,12,14H,8H2,1-4H3. The fraction of sp³-hybridized carbons (Fsp3) is 0.533. The number of likely N-dealkylation sites (N-methyl/N-ethyl adjacent to an activating group) is 1. The van der Waals surface area contributed by atoms with Gasteiger partial charge in [-0.05, 0) is 30.2 Å². The van der Waals surface area contributed by atoms with Crippen LogP contribution in [0.2, 0.25) is 0 Å². The second-order valence-electron chi connectivity index (χ2n) is 5.40. The van der Waals surface area contributed by atoms with Crippen molar-refractivity contribution < 1.29 is 13.9 Å². The summed E-state index contributed by atoms with van der Waals surface area (Å²) in [6, 6.07) is 4.87. The molecule has 1 aliphatic rings. The van der Waals surface area contributed by atoms with Crippen molar-refractivity contribution in [3.8, 4) is 5.75 Å². The van der Waals surface area contributed by atoms with Crippen molar-refractivity contribution in [2.24, 2.45) is 5.92 Å². The van der Waals surface area contributed by atoms with Crippen LogP contribution in [0.3, 0.4) is 0 Å². The average Bonchev–Trinajstić information content (AvgIpc) is 3.17. The Morgan fingerprint density at radius 2 is 2.16 bits per heavy atom. The van der Waals surface area contributed by atoms with Crippen LogP contribution in [0.15, 0.2) is 18.2 Å². The van der Waals surface area contributed by atoms with Gasteiger partial charge in [-0.25, -0.2) is 4.39 Å². The van der Waals surface area contributed by atoms with E-state index in [-0.39, 0.29) is 29.6 Å². The molecule has 0 N–H and O–H groups in total. The van der Waals surface area contributed by atoms with Crippen LogP contribution in [0.4, 0.5) is 4.39 Å². The molecule has 2 rings (SSSR count). The molecule has 1 aliphatic carbocycles. The molecule has 0 spiro atoms. The van der Waals surface area contributed by atoms with Gasteiger partial charge in [0.1, 0.15) is 11.6 Å². The van der Waals surface area contributed by atoms with Gasteiger partial charge in [-0.2, -0.15) is 0 Å². The first-order chi connectivity index (χ1) is 8.95. The monoisotopic (exact) mass is 265 g/mol. The number of hydrogen-bond acceptors (Lipinski definition) is 2. The number of methoxy groups -OCH3 is 1. The van der Waals surface area contributed by atoms with Crippen LogP contribution in [0.25, 0.3) is 0 Å². The van der Waals surface area contributed by atoms with Crippen LogP contribution in [-0.4, -0.2) is 31.0 Å². The molecule has 19 heavy (non-hydrogen) atoms. The van der Waals surface area contributed by atoms with Gasteiger partial charge in [-0.3, -0.25) is 4.79 Å². The summed E-state index contributed by atoms with van der Waals surface area (Å²) in [5.74, 6) is 0.596. The molecule has 0 aromatic heterocycles. The highest BCUT2D eigenvalue weighted by atomic mass is 19.1. The fourth-order valence-electron chi connectivity index (χ4n) is 2.45. The molecule has 1 fully saturated rings. The molecule has 2 unspecified atom stereocenters. The zero-order chi connectivity index (χ0) is 14.2. The highest BCUT2D eigenvalue weighted by Gasteiger charge is 2.44. The summed E-state index contributed by atoms with van der Waals surface area (Å²) >= 11 is 0. The number of ether oxygens (including phenoxy) is 1. The number of rotatable bonds is 4. The molecule has 0 radical (unpaired) electrons. The molecule has 3 nitrogen and oxygen atoms in total. The Morgan fingerprint density at radius 1 is 1.47 bits per heavy atom. The van der Waals surface area contributed by atoms with E-state index in [0.717, 1.165) is 6.42 Å². The molecular weight excluding hydrogens is 245 g/mol. The zero-order valence-electron chi connectivity index (χ0n) is 11.8. The summed E-state index contributed by atoms with van der Waals surface area (Å²) in [7, 11) is 3.36. The van der Waals surface area contributed by atoms with Gasteiger partial charge in [0.25, 0.3) is 0 Å². The molecule has 0 bridgehead atoms. The number of carbonyl (C=O) groups is 1. The van der Waals surface area contributed by atoms with Crippen molar-refractivity contribution in [3.63, 3.8) is 0 Å². The van der Waals surface area contributed by atoms with E-state index in [4.69, 9.17) is 4.74 Å². The molecule has 1 aromatic carbocycles. The quantitative estimate of drug-likeness (QED) is 0.837. The van der Waals surface area contributed by atoms with Crippen LogP contribution < -0.4 is 4.74 Å². The maximum Gasteiger partial charge on any atom is 0.225 e. The normalized spacial score (nSPS) is 21.4. The van der Waals surface area contributed by atoms with Gasteiger partial charge < -0.3 is 9.64 Å². The van der Waals surface area contributed by atoms with E-state index in [9.17, 15) is 9.18 Å². The summed E-state index contributed by atoms with van der Waals surface area (Å²) in [5.41, 5.74) is 0.646. The summed E-state index contributed by atoms with van der Waals surface area (Å²) in [4.78, 5) is 13.7. The molecular formula is C15H20FNO2. The maximum absolute atomic E-state index is 13.8. The number of nitrogens with zero attached hydrogens (tertiary/aromatic N) is 1. The predicted molar refractivity (Wildman–Crippen MR) is 71.7 cm³/mol. The third-order valence-electron chi connectivity index (χ3n) is 3.70. The Bertz CT molecular complexity index is 487. The third-order valence-corrected chi connectivity index (χ3v) is 3.70. The van der Waals surface area contributed by atoms with E-state index in [2.05, 4.69) is 0 Å². The first-order valence-corrected chi connectivity index (χ1v) is 6.55. The van der Waals surface area contributed by atoms with Gasteiger partial charge in [-0.15, -0.1) is 0 Å². The number of halogens is 1. The predicted octanol–water partition coefficient (Wildman–Crippen LogP) is 2.80. The second kappa shape index (κ2) is 5.19. The maximum atomic E-state index is 13.8. The summed E-state index contributed by atoms with van der Waals surface area (Å²) < 4.78 is 19.0. The van der Waals surface area contributed by atoms with Crippen LogP contribution >= 0.6 is 0 Å². The highest BCUT2D eigenvalue weighted by molar-refractivity contribution is 5.78. The van der Waals surface area contributed by atoms with Gasteiger partial charge in [0, 0.05) is 24.9 Å². The van der Waals surface area contributed by atoms with E-state index in [1.54, 1.807) is 31.2 Å². The van der Waals surface area contributed by atoms with E-state index in [0.29, 0.717) is 11.3 Å². The van der Waals surface area contributed by atoms with E-state index in [1.165, 1.54) is 6.07 Å². The van der Waals surface area contributed by atoms with Crippen molar-refractivity contribution in [2.75, 3.05) is 14.2 Å². The summed E-state index contributed by atoms with van der Waals surface area (Å²) in [6.45, 7) is 3.75. The molecule has 4 heteroatoms. The molecule has 1 amide bonds. The lowest BCUT2D eigenvalue weighted by atomic mass is 10.1. The minimum Gasteiger partial charge on any atom is -0.497 e. The number of carbonyl (C=O) groups excluding carboxylic acids is 1. The molecule has 1 aromatic rings. The third kappa shape index (κ3) is 2.72. The SMILES string of the molecule is COc1ccc(F)c(C2CC2N(C)C(=O)C(C)C)c1. The van der Waals surface area contributed by atoms with Gasteiger partial charge in [0.05, 0.1) is 7.11 Å². The topological polar surface area (TPSA) is 29.5 Å². The number of hydrogen-bond donors (Lipinski definition) is 0. The Hall–Kier alpha value is -1.58. The van der Waals surface area contributed by atoms with Crippen molar-refractivity contribution >= 4 is 5.91 Å².